The van der Waals surface area contributed by atoms with E-state index < -0.39 is 11.9 Å². The smallest absolute Gasteiger partial charge is 0.377 e. The molecule has 2 heterocycles. The summed E-state index contributed by atoms with van der Waals surface area (Å²) in [6, 6.07) is 12.9. The molecule has 4 N–H and O–H groups in total. The zero-order chi connectivity index (χ0) is 19.7. The van der Waals surface area contributed by atoms with Crippen LogP contribution in [0.3, 0.4) is 0 Å². The van der Waals surface area contributed by atoms with Crippen LogP contribution in [0.1, 0.15) is 17.3 Å². The minimum Gasteiger partial charge on any atom is -0.377 e. The number of benzene rings is 2. The van der Waals surface area contributed by atoms with Gasteiger partial charge in [0.1, 0.15) is 5.01 Å². The van der Waals surface area contributed by atoms with Gasteiger partial charge in [0.15, 0.2) is 5.69 Å². The van der Waals surface area contributed by atoms with Crippen molar-refractivity contribution in [1.29, 1.82) is 0 Å². The fourth-order valence-corrected chi connectivity index (χ4v) is 3.73. The van der Waals surface area contributed by atoms with Gasteiger partial charge < -0.3 is 16.0 Å². The van der Waals surface area contributed by atoms with Gasteiger partial charge in [-0.2, -0.15) is 13.2 Å². The Hall–Kier alpha value is -2.91. The molecule has 0 saturated heterocycles. The highest BCUT2D eigenvalue weighted by atomic mass is 32.1. The van der Waals surface area contributed by atoms with Crippen LogP contribution in [0.4, 0.5) is 18.9 Å². The van der Waals surface area contributed by atoms with E-state index >= 15 is 0 Å². The first kappa shape index (κ1) is 18.5. The number of aromatic amines is 1. The standard InChI is InChI=1S/C19H16F3N5S/c20-19(21,22)17-9-28-18(27-17)12-3-1-11(2-4-12)16(8-23)26-13-5-6-14-15(7-13)25-10-24-14/h1-7,9-10,16,26H,8,23H2,(H,24,25). The third kappa shape index (κ3) is 3.71. The molecule has 0 bridgehead atoms. The Kier molecular flexibility index (Phi) is 4.78. The largest absolute Gasteiger partial charge is 0.434 e. The molecule has 0 amide bonds. The van der Waals surface area contributed by atoms with Crippen LogP contribution in [0.2, 0.25) is 0 Å². The van der Waals surface area contributed by atoms with Gasteiger partial charge in [-0.1, -0.05) is 24.3 Å². The topological polar surface area (TPSA) is 79.6 Å². The number of nitrogens with one attached hydrogen (secondary N) is 2. The maximum atomic E-state index is 12.7. The number of hydrogen-bond acceptors (Lipinski definition) is 5. The molecule has 0 radical (unpaired) electrons. The summed E-state index contributed by atoms with van der Waals surface area (Å²) >= 11 is 0.973. The Bertz CT molecular complexity index is 1080. The Labute approximate surface area is 162 Å². The molecule has 1 unspecified atom stereocenters. The van der Waals surface area contributed by atoms with E-state index in [0.717, 1.165) is 39.0 Å². The maximum absolute atomic E-state index is 12.7. The normalized spacial score (nSPS) is 13.0. The number of nitrogens with two attached hydrogens (primary N) is 1. The summed E-state index contributed by atoms with van der Waals surface area (Å²) in [4.78, 5) is 11.0. The summed E-state index contributed by atoms with van der Waals surface area (Å²) in [5.41, 5.74) is 9.30. The third-order valence-corrected chi connectivity index (χ3v) is 5.24. The van der Waals surface area contributed by atoms with Crippen molar-refractivity contribution < 1.29 is 13.2 Å². The molecule has 28 heavy (non-hydrogen) atoms. The number of H-pyrrole nitrogens is 1. The first-order valence-electron chi connectivity index (χ1n) is 8.47. The van der Waals surface area contributed by atoms with Gasteiger partial charge in [-0.05, 0) is 23.8 Å². The molecule has 0 aliphatic rings. The van der Waals surface area contributed by atoms with Gasteiger partial charge in [0, 0.05) is 23.2 Å². The second-order valence-corrected chi connectivity index (χ2v) is 7.08. The summed E-state index contributed by atoms with van der Waals surface area (Å²) in [5.74, 6) is 0. The van der Waals surface area contributed by atoms with Crippen LogP contribution in [0.5, 0.6) is 0 Å². The Morgan fingerprint density at radius 1 is 1.14 bits per heavy atom. The molecule has 1 atom stereocenters. The number of fused-ring (bicyclic) bond motifs is 1. The number of rotatable bonds is 5. The lowest BCUT2D eigenvalue weighted by Crippen LogP contribution is -2.20. The molecular weight excluding hydrogens is 387 g/mol. The lowest BCUT2D eigenvalue weighted by molar-refractivity contribution is -0.140. The second-order valence-electron chi connectivity index (χ2n) is 6.22. The SMILES string of the molecule is NCC(Nc1ccc2[nH]cnc2c1)c1ccc(-c2nc(C(F)(F)F)cs2)cc1. The van der Waals surface area contributed by atoms with Gasteiger partial charge in [-0.15, -0.1) is 11.3 Å². The molecule has 5 nitrogen and oxygen atoms in total. The number of nitrogens with zero attached hydrogens (tertiary/aromatic N) is 2. The zero-order valence-electron chi connectivity index (χ0n) is 14.5. The van der Waals surface area contributed by atoms with Crippen LogP contribution < -0.4 is 11.1 Å². The van der Waals surface area contributed by atoms with Crippen LogP contribution in [-0.4, -0.2) is 21.5 Å². The van der Waals surface area contributed by atoms with Crippen molar-refractivity contribution in [3.63, 3.8) is 0 Å². The lowest BCUT2D eigenvalue weighted by Gasteiger charge is -2.19. The number of halogens is 3. The molecule has 9 heteroatoms. The summed E-state index contributed by atoms with van der Waals surface area (Å²) in [6.45, 7) is 0.355. The van der Waals surface area contributed by atoms with Gasteiger partial charge in [0.25, 0.3) is 0 Å². The van der Waals surface area contributed by atoms with E-state index in [4.69, 9.17) is 5.73 Å². The second kappa shape index (κ2) is 7.25. The molecule has 0 fully saturated rings. The van der Waals surface area contributed by atoms with Gasteiger partial charge in [-0.3, -0.25) is 0 Å². The van der Waals surface area contributed by atoms with Crippen molar-refractivity contribution in [2.75, 3.05) is 11.9 Å². The highest BCUT2D eigenvalue weighted by molar-refractivity contribution is 7.13. The van der Waals surface area contributed by atoms with Crippen molar-refractivity contribution in [1.82, 2.24) is 15.0 Å². The predicted octanol–water partition coefficient (Wildman–Crippen LogP) is 4.82. The molecular formula is C19H16F3N5S. The minimum absolute atomic E-state index is 0.146. The van der Waals surface area contributed by atoms with Gasteiger partial charge in [-0.25, -0.2) is 9.97 Å². The van der Waals surface area contributed by atoms with E-state index in [9.17, 15) is 13.2 Å². The molecule has 0 aliphatic heterocycles. The maximum Gasteiger partial charge on any atom is 0.434 e. The molecule has 0 spiro atoms. The van der Waals surface area contributed by atoms with E-state index in [1.54, 1.807) is 18.5 Å². The number of alkyl halides is 3. The van der Waals surface area contributed by atoms with Gasteiger partial charge >= 0.3 is 6.18 Å². The zero-order valence-corrected chi connectivity index (χ0v) is 15.3. The number of thiazole rings is 1. The van der Waals surface area contributed by atoms with E-state index in [1.807, 2.05) is 30.3 Å². The fraction of sp³-hybridized carbons (Fsp3) is 0.158. The molecule has 0 saturated carbocycles. The summed E-state index contributed by atoms with van der Waals surface area (Å²) < 4.78 is 38.2. The van der Waals surface area contributed by atoms with Gasteiger partial charge in [0.05, 0.1) is 23.4 Å². The highest BCUT2D eigenvalue weighted by Crippen LogP contribution is 2.34. The van der Waals surface area contributed by atoms with E-state index in [-0.39, 0.29) is 6.04 Å². The van der Waals surface area contributed by atoms with E-state index in [1.165, 1.54) is 0 Å². The average molecular weight is 403 g/mol. The van der Waals surface area contributed by atoms with Crippen molar-refractivity contribution in [2.24, 2.45) is 5.73 Å². The Balaban J connectivity index is 1.53. The van der Waals surface area contributed by atoms with Crippen molar-refractivity contribution >= 4 is 28.1 Å². The van der Waals surface area contributed by atoms with E-state index in [0.29, 0.717) is 17.1 Å². The quantitative estimate of drug-likeness (QED) is 0.446. The van der Waals surface area contributed by atoms with Crippen LogP contribution >= 0.6 is 11.3 Å². The van der Waals surface area contributed by atoms with Crippen LogP contribution in [0, 0.1) is 0 Å². The van der Waals surface area contributed by atoms with Crippen LogP contribution in [0.25, 0.3) is 21.6 Å². The number of imidazole rings is 1. The lowest BCUT2D eigenvalue weighted by atomic mass is 10.0. The molecule has 2 aromatic carbocycles. The number of aromatic nitrogens is 3. The van der Waals surface area contributed by atoms with Gasteiger partial charge in [0.2, 0.25) is 0 Å². The molecule has 0 aliphatic carbocycles. The molecule has 4 aromatic rings. The summed E-state index contributed by atoms with van der Waals surface area (Å²) in [5, 5.41) is 4.73. The summed E-state index contributed by atoms with van der Waals surface area (Å²) in [6.07, 6.45) is -2.80. The minimum atomic E-state index is -4.43. The Morgan fingerprint density at radius 2 is 1.93 bits per heavy atom. The third-order valence-electron chi connectivity index (χ3n) is 4.35. The fourth-order valence-electron chi connectivity index (χ4n) is 2.90. The Morgan fingerprint density at radius 3 is 2.61 bits per heavy atom. The predicted molar refractivity (Wildman–Crippen MR) is 104 cm³/mol. The van der Waals surface area contributed by atoms with Crippen LogP contribution in [0.15, 0.2) is 54.2 Å². The van der Waals surface area contributed by atoms with E-state index in [2.05, 4.69) is 20.3 Å². The molecule has 2 aromatic heterocycles. The monoisotopic (exact) mass is 403 g/mol. The summed E-state index contributed by atoms with van der Waals surface area (Å²) in [7, 11) is 0. The first-order chi connectivity index (χ1) is 13.4. The first-order valence-corrected chi connectivity index (χ1v) is 9.35. The van der Waals surface area contributed by atoms with Crippen molar-refractivity contribution in [3.8, 4) is 10.6 Å². The number of anilines is 1. The highest BCUT2D eigenvalue weighted by Gasteiger charge is 2.33. The van der Waals surface area contributed by atoms with Crippen LogP contribution in [-0.2, 0) is 6.18 Å². The average Bonchev–Trinajstić information content (AvgIpc) is 3.35. The van der Waals surface area contributed by atoms with Crippen molar-refractivity contribution in [3.05, 3.63) is 65.4 Å². The molecule has 4 rings (SSSR count). The van der Waals surface area contributed by atoms with Crippen molar-refractivity contribution in [2.45, 2.75) is 12.2 Å². The molecule has 144 valence electrons. The number of hydrogen-bond donors (Lipinski definition) is 3.